The van der Waals surface area contributed by atoms with Crippen molar-refractivity contribution < 1.29 is 9.53 Å². The van der Waals surface area contributed by atoms with Crippen LogP contribution in [0.4, 0.5) is 5.13 Å². The van der Waals surface area contributed by atoms with Gasteiger partial charge in [-0.25, -0.2) is 4.98 Å². The molecule has 4 aromatic rings. The van der Waals surface area contributed by atoms with Crippen molar-refractivity contribution in [2.45, 2.75) is 24.8 Å². The third kappa shape index (κ3) is 4.73. The molecule has 31 heavy (non-hydrogen) atoms. The van der Waals surface area contributed by atoms with Gasteiger partial charge in [-0.1, -0.05) is 29.5 Å². The van der Waals surface area contributed by atoms with Gasteiger partial charge in [0.15, 0.2) is 5.13 Å². The van der Waals surface area contributed by atoms with Crippen LogP contribution in [-0.2, 0) is 17.8 Å². The molecule has 2 aromatic carbocycles. The highest BCUT2D eigenvalue weighted by molar-refractivity contribution is 7.98. The first-order valence-electron chi connectivity index (χ1n) is 9.85. The number of thioether (sulfide) groups is 1. The molecule has 1 amide bonds. The van der Waals surface area contributed by atoms with Crippen molar-refractivity contribution in [2.24, 2.45) is 0 Å². The third-order valence-electron chi connectivity index (χ3n) is 5.05. The number of carbonyl (C=O) groups excluding carboxylic acids is 1. The predicted octanol–water partition coefficient (Wildman–Crippen LogP) is 5.51. The minimum absolute atomic E-state index is 0.00406. The lowest BCUT2D eigenvalue weighted by Crippen LogP contribution is -2.31. The molecule has 0 aliphatic carbocycles. The number of anilines is 1. The van der Waals surface area contributed by atoms with E-state index in [2.05, 4.69) is 4.98 Å². The predicted molar refractivity (Wildman–Crippen MR) is 128 cm³/mol. The first-order chi connectivity index (χ1) is 15.1. The van der Waals surface area contributed by atoms with Gasteiger partial charge in [0.05, 0.1) is 24.8 Å². The highest BCUT2D eigenvalue weighted by atomic mass is 32.2. The number of carbonyl (C=O) groups is 1. The Morgan fingerprint density at radius 3 is 2.48 bits per heavy atom. The number of pyridine rings is 1. The van der Waals surface area contributed by atoms with Crippen LogP contribution in [0.2, 0.25) is 0 Å². The smallest absolute Gasteiger partial charge is 0.233 e. The number of fused-ring (bicyclic) bond motifs is 1. The van der Waals surface area contributed by atoms with Crippen molar-refractivity contribution in [3.05, 3.63) is 77.6 Å². The average Bonchev–Trinajstić information content (AvgIpc) is 3.25. The number of aryl methyl sites for hydroxylation is 1. The van der Waals surface area contributed by atoms with Crippen molar-refractivity contribution >= 4 is 44.4 Å². The summed E-state index contributed by atoms with van der Waals surface area (Å²) in [5.41, 5.74) is 3.89. The van der Waals surface area contributed by atoms with Gasteiger partial charge in [-0.05, 0) is 60.2 Å². The van der Waals surface area contributed by atoms with Gasteiger partial charge in [0.2, 0.25) is 5.91 Å². The van der Waals surface area contributed by atoms with Gasteiger partial charge < -0.3 is 4.74 Å². The number of hydrogen-bond acceptors (Lipinski definition) is 6. The van der Waals surface area contributed by atoms with E-state index in [9.17, 15) is 4.79 Å². The average molecular weight is 450 g/mol. The zero-order valence-electron chi connectivity index (χ0n) is 17.7. The van der Waals surface area contributed by atoms with Gasteiger partial charge in [-0.3, -0.25) is 14.7 Å². The standard InChI is InChI=1S/C24H23N3O2S2/c1-16-4-9-20(29-2)22-23(16)31-24(26-22)27(15-18-10-12-25-13-11-18)21(28)14-17-5-7-19(30-3)8-6-17/h4-13H,14-15H2,1-3H3. The maximum Gasteiger partial charge on any atom is 0.233 e. The van der Waals surface area contributed by atoms with Crippen LogP contribution in [0.15, 0.2) is 65.8 Å². The molecule has 0 atom stereocenters. The van der Waals surface area contributed by atoms with Crippen LogP contribution >= 0.6 is 23.1 Å². The van der Waals surface area contributed by atoms with Crippen molar-refractivity contribution in [1.82, 2.24) is 9.97 Å². The van der Waals surface area contributed by atoms with E-state index in [0.717, 1.165) is 26.9 Å². The van der Waals surface area contributed by atoms with E-state index in [-0.39, 0.29) is 5.91 Å². The first kappa shape index (κ1) is 21.3. The number of amides is 1. The number of aromatic nitrogens is 2. The zero-order chi connectivity index (χ0) is 21.8. The van der Waals surface area contributed by atoms with Crippen LogP contribution < -0.4 is 9.64 Å². The van der Waals surface area contributed by atoms with Gasteiger partial charge in [0.1, 0.15) is 11.3 Å². The Hall–Kier alpha value is -2.90. The number of ether oxygens (including phenoxy) is 1. The molecule has 2 heterocycles. The minimum atomic E-state index is 0.00406. The first-order valence-corrected chi connectivity index (χ1v) is 11.9. The normalized spacial score (nSPS) is 10.9. The third-order valence-corrected chi connectivity index (χ3v) is 7.01. The quantitative estimate of drug-likeness (QED) is 0.348. The molecule has 0 saturated carbocycles. The highest BCUT2D eigenvalue weighted by Gasteiger charge is 2.22. The number of hydrogen-bond donors (Lipinski definition) is 0. The number of nitrogens with zero attached hydrogens (tertiary/aromatic N) is 3. The second kappa shape index (κ2) is 9.49. The molecule has 7 heteroatoms. The fourth-order valence-electron chi connectivity index (χ4n) is 3.33. The molecule has 0 bridgehead atoms. The van der Waals surface area contributed by atoms with E-state index in [4.69, 9.17) is 9.72 Å². The molecule has 5 nitrogen and oxygen atoms in total. The summed E-state index contributed by atoms with van der Waals surface area (Å²) in [7, 11) is 1.64. The van der Waals surface area contributed by atoms with Crippen LogP contribution in [0.1, 0.15) is 16.7 Å². The summed E-state index contributed by atoms with van der Waals surface area (Å²) in [5, 5.41) is 0.671. The zero-order valence-corrected chi connectivity index (χ0v) is 19.3. The summed E-state index contributed by atoms with van der Waals surface area (Å²) < 4.78 is 6.54. The summed E-state index contributed by atoms with van der Waals surface area (Å²) in [4.78, 5) is 25.3. The monoisotopic (exact) mass is 449 g/mol. The van der Waals surface area contributed by atoms with Gasteiger partial charge in [-0.15, -0.1) is 11.8 Å². The lowest BCUT2D eigenvalue weighted by atomic mass is 10.1. The molecule has 0 spiro atoms. The van der Waals surface area contributed by atoms with Crippen molar-refractivity contribution in [3.63, 3.8) is 0 Å². The summed E-state index contributed by atoms with van der Waals surface area (Å²) in [6, 6.07) is 15.9. The molecule has 0 N–H and O–H groups in total. The van der Waals surface area contributed by atoms with Gasteiger partial charge in [-0.2, -0.15) is 0 Å². The number of thiazole rings is 1. The maximum absolute atomic E-state index is 13.4. The lowest BCUT2D eigenvalue weighted by molar-refractivity contribution is -0.118. The Labute approximate surface area is 190 Å². The summed E-state index contributed by atoms with van der Waals surface area (Å²) >= 11 is 3.21. The molecule has 0 unspecified atom stereocenters. The Morgan fingerprint density at radius 1 is 1.06 bits per heavy atom. The molecule has 0 fully saturated rings. The largest absolute Gasteiger partial charge is 0.494 e. The minimum Gasteiger partial charge on any atom is -0.494 e. The van der Waals surface area contributed by atoms with E-state index in [1.54, 1.807) is 36.2 Å². The van der Waals surface area contributed by atoms with Crippen LogP contribution in [0.3, 0.4) is 0 Å². The van der Waals surface area contributed by atoms with Crippen LogP contribution in [-0.4, -0.2) is 29.2 Å². The van der Waals surface area contributed by atoms with E-state index in [1.165, 1.54) is 16.2 Å². The fourth-order valence-corrected chi connectivity index (χ4v) is 4.80. The van der Waals surface area contributed by atoms with Gasteiger partial charge >= 0.3 is 0 Å². The number of benzene rings is 2. The molecular formula is C24H23N3O2S2. The Bertz CT molecular complexity index is 1190. The van der Waals surface area contributed by atoms with Crippen molar-refractivity contribution in [2.75, 3.05) is 18.3 Å². The van der Waals surface area contributed by atoms with Crippen LogP contribution in [0.5, 0.6) is 5.75 Å². The topological polar surface area (TPSA) is 55.3 Å². The fraction of sp³-hybridized carbons (Fsp3) is 0.208. The molecule has 0 aliphatic rings. The van der Waals surface area contributed by atoms with Crippen LogP contribution in [0.25, 0.3) is 10.2 Å². The molecule has 0 saturated heterocycles. The molecule has 2 aromatic heterocycles. The Kier molecular flexibility index (Phi) is 6.53. The second-order valence-electron chi connectivity index (χ2n) is 7.12. The molecule has 158 valence electrons. The van der Waals surface area contributed by atoms with E-state index >= 15 is 0 Å². The molecule has 0 radical (unpaired) electrons. The summed E-state index contributed by atoms with van der Waals surface area (Å²) in [6.45, 7) is 2.48. The Balaban J connectivity index is 1.71. The second-order valence-corrected chi connectivity index (χ2v) is 8.98. The van der Waals surface area contributed by atoms with E-state index in [0.29, 0.717) is 23.8 Å². The SMILES string of the molecule is COc1ccc(C)c2sc(N(Cc3ccncc3)C(=O)Cc3ccc(SC)cc3)nc12. The van der Waals surface area contributed by atoms with E-state index < -0.39 is 0 Å². The summed E-state index contributed by atoms with van der Waals surface area (Å²) in [5.74, 6) is 0.719. The van der Waals surface area contributed by atoms with Gasteiger partial charge in [0, 0.05) is 17.3 Å². The van der Waals surface area contributed by atoms with E-state index in [1.807, 2.05) is 61.7 Å². The van der Waals surface area contributed by atoms with Crippen LogP contribution in [0, 0.1) is 6.92 Å². The van der Waals surface area contributed by atoms with Crippen molar-refractivity contribution in [1.29, 1.82) is 0 Å². The molecule has 0 aliphatic heterocycles. The number of rotatable bonds is 7. The summed E-state index contributed by atoms with van der Waals surface area (Å²) in [6.07, 6.45) is 5.83. The number of methoxy groups -OCH3 is 1. The molecule has 4 rings (SSSR count). The van der Waals surface area contributed by atoms with Crippen molar-refractivity contribution in [3.8, 4) is 5.75 Å². The van der Waals surface area contributed by atoms with Gasteiger partial charge in [0.25, 0.3) is 0 Å². The molecular weight excluding hydrogens is 426 g/mol. The highest BCUT2D eigenvalue weighted by Crippen LogP contribution is 2.37. The Morgan fingerprint density at radius 2 is 1.81 bits per heavy atom. The maximum atomic E-state index is 13.4. The lowest BCUT2D eigenvalue weighted by Gasteiger charge is -2.20.